The van der Waals surface area contributed by atoms with Gasteiger partial charge < -0.3 is 10.1 Å². The Hall–Kier alpha value is -2.95. The van der Waals surface area contributed by atoms with E-state index in [0.29, 0.717) is 11.3 Å². The molecule has 0 aliphatic rings. The minimum absolute atomic E-state index is 0.0492. The number of hydrogen-bond donors (Lipinski definition) is 1. The van der Waals surface area contributed by atoms with E-state index in [1.807, 2.05) is 44.2 Å². The SMILES string of the molecule is CCCc1ccc(C(=O)CCC(=O)OCC(=O)Nc2cc(C)cc(C)c2)cc1. The molecule has 148 valence electrons. The van der Waals surface area contributed by atoms with Crippen LogP contribution in [0, 0.1) is 13.8 Å². The summed E-state index contributed by atoms with van der Waals surface area (Å²) >= 11 is 0. The maximum absolute atomic E-state index is 12.2. The Bertz CT molecular complexity index is 820. The zero-order valence-corrected chi connectivity index (χ0v) is 16.7. The largest absolute Gasteiger partial charge is 0.456 e. The fraction of sp³-hybridized carbons (Fsp3) is 0.348. The number of carbonyl (C=O) groups excluding carboxylic acids is 3. The number of amides is 1. The molecule has 2 rings (SSSR count). The first-order valence-electron chi connectivity index (χ1n) is 9.53. The second kappa shape index (κ2) is 10.4. The Morgan fingerprint density at radius 3 is 2.18 bits per heavy atom. The van der Waals surface area contributed by atoms with Crippen LogP contribution in [0.15, 0.2) is 42.5 Å². The van der Waals surface area contributed by atoms with Crippen LogP contribution in [0.2, 0.25) is 0 Å². The molecule has 0 heterocycles. The Balaban J connectivity index is 1.74. The highest BCUT2D eigenvalue weighted by atomic mass is 16.5. The fourth-order valence-corrected chi connectivity index (χ4v) is 2.97. The lowest BCUT2D eigenvalue weighted by atomic mass is 10.0. The molecule has 0 saturated heterocycles. The van der Waals surface area contributed by atoms with Crippen LogP contribution >= 0.6 is 0 Å². The van der Waals surface area contributed by atoms with E-state index in [9.17, 15) is 14.4 Å². The maximum Gasteiger partial charge on any atom is 0.306 e. The number of nitrogens with one attached hydrogen (secondary N) is 1. The van der Waals surface area contributed by atoms with Gasteiger partial charge in [0.1, 0.15) is 0 Å². The minimum Gasteiger partial charge on any atom is -0.456 e. The average molecular weight is 381 g/mol. The molecule has 1 amide bonds. The first-order chi connectivity index (χ1) is 13.4. The van der Waals surface area contributed by atoms with Gasteiger partial charge in [-0.1, -0.05) is 43.7 Å². The maximum atomic E-state index is 12.2. The highest BCUT2D eigenvalue weighted by Crippen LogP contribution is 2.14. The van der Waals surface area contributed by atoms with Crippen molar-refractivity contribution < 1.29 is 19.1 Å². The van der Waals surface area contributed by atoms with Gasteiger partial charge in [0.25, 0.3) is 5.91 Å². The van der Waals surface area contributed by atoms with Crippen LogP contribution in [0.25, 0.3) is 0 Å². The monoisotopic (exact) mass is 381 g/mol. The van der Waals surface area contributed by atoms with Crippen molar-refractivity contribution in [2.24, 2.45) is 0 Å². The van der Waals surface area contributed by atoms with Crippen LogP contribution in [0.5, 0.6) is 0 Å². The van der Waals surface area contributed by atoms with Crippen LogP contribution in [0.3, 0.4) is 0 Å². The Morgan fingerprint density at radius 2 is 1.57 bits per heavy atom. The summed E-state index contributed by atoms with van der Waals surface area (Å²) in [5.74, 6) is -1.08. The molecule has 0 bridgehead atoms. The van der Waals surface area contributed by atoms with Gasteiger partial charge in [-0.05, 0) is 49.1 Å². The molecule has 0 saturated carbocycles. The molecule has 2 aromatic rings. The van der Waals surface area contributed by atoms with Gasteiger partial charge >= 0.3 is 5.97 Å². The van der Waals surface area contributed by atoms with Gasteiger partial charge in [-0.3, -0.25) is 14.4 Å². The van der Waals surface area contributed by atoms with Gasteiger partial charge in [-0.2, -0.15) is 0 Å². The van der Waals surface area contributed by atoms with E-state index < -0.39 is 11.9 Å². The molecule has 0 aliphatic heterocycles. The number of carbonyl (C=O) groups is 3. The average Bonchev–Trinajstić information content (AvgIpc) is 2.64. The molecule has 28 heavy (non-hydrogen) atoms. The first-order valence-corrected chi connectivity index (χ1v) is 9.53. The summed E-state index contributed by atoms with van der Waals surface area (Å²) in [4.78, 5) is 35.9. The van der Waals surface area contributed by atoms with Gasteiger partial charge in [0.2, 0.25) is 0 Å². The lowest BCUT2D eigenvalue weighted by Gasteiger charge is -2.08. The summed E-state index contributed by atoms with van der Waals surface area (Å²) in [7, 11) is 0. The molecular formula is C23H27NO4. The molecule has 0 atom stereocenters. The van der Waals surface area contributed by atoms with Crippen molar-refractivity contribution in [1.82, 2.24) is 0 Å². The number of anilines is 1. The number of esters is 1. The third-order valence-electron chi connectivity index (χ3n) is 4.24. The number of benzene rings is 2. The van der Waals surface area contributed by atoms with Gasteiger partial charge in [-0.25, -0.2) is 0 Å². The number of Topliss-reactive ketones (excluding diaryl/α,β-unsaturated/α-hetero) is 1. The molecule has 2 aromatic carbocycles. The Morgan fingerprint density at radius 1 is 0.929 bits per heavy atom. The van der Waals surface area contributed by atoms with Crippen molar-refractivity contribution in [3.8, 4) is 0 Å². The topological polar surface area (TPSA) is 72.5 Å². The van der Waals surface area contributed by atoms with Gasteiger partial charge in [0, 0.05) is 17.7 Å². The normalized spacial score (nSPS) is 10.4. The predicted octanol–water partition coefficient (Wildman–Crippen LogP) is 4.40. The third-order valence-corrected chi connectivity index (χ3v) is 4.24. The fourth-order valence-electron chi connectivity index (χ4n) is 2.97. The molecule has 0 aromatic heterocycles. The number of aryl methyl sites for hydroxylation is 3. The summed E-state index contributed by atoms with van der Waals surface area (Å²) in [6.07, 6.45) is 2.04. The summed E-state index contributed by atoms with van der Waals surface area (Å²) in [5.41, 5.74) is 4.51. The standard InChI is InChI=1S/C23H27NO4/c1-4-5-18-6-8-19(9-7-18)21(25)10-11-23(27)28-15-22(26)24-20-13-16(2)12-17(3)14-20/h6-9,12-14H,4-5,10-11,15H2,1-3H3,(H,24,26). The lowest BCUT2D eigenvalue weighted by molar-refractivity contribution is -0.147. The second-order valence-electron chi connectivity index (χ2n) is 6.96. The molecule has 0 spiro atoms. The van der Waals surface area contributed by atoms with E-state index >= 15 is 0 Å². The van der Waals surface area contributed by atoms with Crippen molar-refractivity contribution in [2.75, 3.05) is 11.9 Å². The minimum atomic E-state index is -0.563. The molecular weight excluding hydrogens is 354 g/mol. The van der Waals surface area contributed by atoms with E-state index in [2.05, 4.69) is 12.2 Å². The summed E-state index contributed by atoms with van der Waals surface area (Å²) in [6.45, 7) is 5.62. The summed E-state index contributed by atoms with van der Waals surface area (Å²) in [6, 6.07) is 13.1. The molecule has 1 N–H and O–H groups in total. The van der Waals surface area contributed by atoms with Crippen molar-refractivity contribution in [2.45, 2.75) is 46.5 Å². The van der Waals surface area contributed by atoms with Crippen LogP contribution in [-0.4, -0.2) is 24.3 Å². The molecule has 0 unspecified atom stereocenters. The van der Waals surface area contributed by atoms with Gasteiger partial charge in [-0.15, -0.1) is 0 Å². The molecule has 5 heteroatoms. The van der Waals surface area contributed by atoms with Crippen molar-refractivity contribution in [3.05, 3.63) is 64.7 Å². The van der Waals surface area contributed by atoms with Crippen LogP contribution in [-0.2, 0) is 20.7 Å². The van der Waals surface area contributed by atoms with Crippen molar-refractivity contribution in [1.29, 1.82) is 0 Å². The van der Waals surface area contributed by atoms with Crippen LogP contribution in [0.1, 0.15) is 53.2 Å². The second-order valence-corrected chi connectivity index (χ2v) is 6.96. The smallest absolute Gasteiger partial charge is 0.306 e. The highest BCUT2D eigenvalue weighted by Gasteiger charge is 2.12. The highest BCUT2D eigenvalue weighted by molar-refractivity contribution is 5.98. The zero-order chi connectivity index (χ0) is 20.5. The molecule has 0 aliphatic carbocycles. The number of hydrogen-bond acceptors (Lipinski definition) is 4. The number of rotatable bonds is 9. The van der Waals surface area contributed by atoms with Gasteiger partial charge in [0.15, 0.2) is 12.4 Å². The van der Waals surface area contributed by atoms with E-state index in [1.165, 1.54) is 5.56 Å². The number of ether oxygens (including phenoxy) is 1. The molecule has 0 fully saturated rings. The van der Waals surface area contributed by atoms with E-state index in [1.54, 1.807) is 12.1 Å². The number of ketones is 1. The zero-order valence-electron chi connectivity index (χ0n) is 16.7. The summed E-state index contributed by atoms with van der Waals surface area (Å²) < 4.78 is 4.97. The Kier molecular flexibility index (Phi) is 7.93. The Labute approximate surface area is 166 Å². The van der Waals surface area contributed by atoms with Gasteiger partial charge in [0.05, 0.1) is 6.42 Å². The van der Waals surface area contributed by atoms with E-state index in [0.717, 1.165) is 24.0 Å². The van der Waals surface area contributed by atoms with Crippen molar-refractivity contribution in [3.63, 3.8) is 0 Å². The summed E-state index contributed by atoms with van der Waals surface area (Å²) in [5, 5.41) is 2.70. The molecule has 0 radical (unpaired) electrons. The lowest BCUT2D eigenvalue weighted by Crippen LogP contribution is -2.21. The van der Waals surface area contributed by atoms with Crippen LogP contribution in [0.4, 0.5) is 5.69 Å². The van der Waals surface area contributed by atoms with Crippen LogP contribution < -0.4 is 5.32 Å². The quantitative estimate of drug-likeness (QED) is 0.516. The first kappa shape index (κ1) is 21.4. The molecule has 5 nitrogen and oxygen atoms in total. The third kappa shape index (κ3) is 6.99. The van der Waals surface area contributed by atoms with E-state index in [4.69, 9.17) is 4.74 Å². The van der Waals surface area contributed by atoms with E-state index in [-0.39, 0.29) is 25.2 Å². The predicted molar refractivity (Wildman–Crippen MR) is 110 cm³/mol. The van der Waals surface area contributed by atoms with Crippen molar-refractivity contribution >= 4 is 23.3 Å².